The summed E-state index contributed by atoms with van der Waals surface area (Å²) in [5.74, 6) is 0.953. The van der Waals surface area contributed by atoms with Crippen molar-refractivity contribution in [1.82, 2.24) is 14.4 Å². The summed E-state index contributed by atoms with van der Waals surface area (Å²) < 4.78 is 2.09. The lowest BCUT2D eigenvalue weighted by Crippen LogP contribution is -2.46. The average molecular weight is 471 g/mol. The Hall–Kier alpha value is -3.56. The Bertz CT molecular complexity index is 1370. The molecular formula is C27H27ClN6. The van der Waals surface area contributed by atoms with E-state index in [9.17, 15) is 5.26 Å². The van der Waals surface area contributed by atoms with Crippen LogP contribution in [-0.4, -0.2) is 40.5 Å². The van der Waals surface area contributed by atoms with Crippen molar-refractivity contribution >= 4 is 28.8 Å². The van der Waals surface area contributed by atoms with Crippen molar-refractivity contribution in [3.8, 4) is 17.3 Å². The van der Waals surface area contributed by atoms with Gasteiger partial charge in [-0.2, -0.15) is 5.26 Å². The molecule has 1 fully saturated rings. The zero-order chi connectivity index (χ0) is 23.9. The number of hydrogen-bond acceptors (Lipinski definition) is 5. The second kappa shape index (κ2) is 8.66. The number of nitriles is 1. The molecule has 3 aromatic heterocycles. The van der Waals surface area contributed by atoms with E-state index in [0.29, 0.717) is 5.02 Å². The zero-order valence-corrected chi connectivity index (χ0v) is 20.4. The maximum atomic E-state index is 9.36. The predicted molar refractivity (Wildman–Crippen MR) is 138 cm³/mol. The van der Waals surface area contributed by atoms with E-state index in [-0.39, 0.29) is 0 Å². The van der Waals surface area contributed by atoms with E-state index in [4.69, 9.17) is 16.6 Å². The van der Waals surface area contributed by atoms with Crippen LogP contribution in [0.2, 0.25) is 5.02 Å². The van der Waals surface area contributed by atoms with Crippen LogP contribution < -0.4 is 9.80 Å². The Labute approximate surface area is 205 Å². The van der Waals surface area contributed by atoms with Gasteiger partial charge in [-0.3, -0.25) is 0 Å². The summed E-state index contributed by atoms with van der Waals surface area (Å²) in [6, 6.07) is 18.6. The van der Waals surface area contributed by atoms with Crippen molar-refractivity contribution in [2.75, 3.05) is 36.0 Å². The quantitative estimate of drug-likeness (QED) is 0.395. The van der Waals surface area contributed by atoms with Gasteiger partial charge in [0.1, 0.15) is 11.5 Å². The Morgan fingerprint density at radius 1 is 1.00 bits per heavy atom. The number of rotatable bonds is 4. The van der Waals surface area contributed by atoms with Crippen molar-refractivity contribution in [1.29, 1.82) is 5.26 Å². The third-order valence-corrected chi connectivity index (χ3v) is 7.02. The Balaban J connectivity index is 1.34. The standard InChI is InChI=1S/C27H27ClN6/c1-19-26(31-25-6-4-5-11-34(19)25)22-16-21(8-9-23(22)28)32-12-14-33(15-13-32)24-10-7-20(17-30-24)27(2,3)18-29/h4-11,16-17H,12-15H2,1-3H3. The molecule has 0 N–H and O–H groups in total. The summed E-state index contributed by atoms with van der Waals surface area (Å²) >= 11 is 6.62. The number of anilines is 2. The lowest BCUT2D eigenvalue weighted by Gasteiger charge is -2.37. The van der Waals surface area contributed by atoms with Crippen LogP contribution >= 0.6 is 11.6 Å². The number of aromatic nitrogens is 3. The Kier molecular flexibility index (Phi) is 5.66. The molecule has 1 saturated heterocycles. The molecule has 0 atom stereocenters. The lowest BCUT2D eigenvalue weighted by molar-refractivity contribution is 0.644. The molecule has 4 aromatic rings. The molecule has 7 heteroatoms. The number of imidazole rings is 1. The molecule has 0 radical (unpaired) electrons. The molecule has 4 heterocycles. The Morgan fingerprint density at radius 3 is 2.44 bits per heavy atom. The van der Waals surface area contributed by atoms with E-state index in [1.807, 2.05) is 62.6 Å². The molecule has 6 nitrogen and oxygen atoms in total. The predicted octanol–water partition coefficient (Wildman–Crippen LogP) is 5.49. The summed E-state index contributed by atoms with van der Waals surface area (Å²) in [6.07, 6.45) is 3.85. The van der Waals surface area contributed by atoms with Gasteiger partial charge in [-0.25, -0.2) is 9.97 Å². The lowest BCUT2D eigenvalue weighted by atomic mass is 9.88. The van der Waals surface area contributed by atoms with Crippen molar-refractivity contribution in [3.63, 3.8) is 0 Å². The molecule has 0 bridgehead atoms. The highest BCUT2D eigenvalue weighted by Crippen LogP contribution is 2.34. The van der Waals surface area contributed by atoms with Gasteiger partial charge >= 0.3 is 0 Å². The summed E-state index contributed by atoms with van der Waals surface area (Å²) in [5, 5.41) is 10.1. The molecule has 0 spiro atoms. The van der Waals surface area contributed by atoms with Gasteiger partial charge in [0.15, 0.2) is 0 Å². The molecule has 5 rings (SSSR count). The van der Waals surface area contributed by atoms with Gasteiger partial charge in [0, 0.05) is 55.5 Å². The van der Waals surface area contributed by atoms with Gasteiger partial charge in [-0.1, -0.05) is 23.7 Å². The van der Waals surface area contributed by atoms with E-state index < -0.39 is 5.41 Å². The van der Waals surface area contributed by atoms with E-state index in [1.165, 1.54) is 0 Å². The van der Waals surface area contributed by atoms with Crippen LogP contribution in [0.5, 0.6) is 0 Å². The molecule has 1 aromatic carbocycles. The van der Waals surface area contributed by atoms with Crippen molar-refractivity contribution in [3.05, 3.63) is 77.2 Å². The van der Waals surface area contributed by atoms with Crippen LogP contribution in [0.15, 0.2) is 60.9 Å². The third kappa shape index (κ3) is 3.97. The van der Waals surface area contributed by atoms with Crippen molar-refractivity contribution in [2.24, 2.45) is 0 Å². The molecule has 0 saturated carbocycles. The number of nitrogens with zero attached hydrogens (tertiary/aromatic N) is 6. The molecule has 1 aliphatic heterocycles. The fourth-order valence-corrected chi connectivity index (χ4v) is 4.67. The van der Waals surface area contributed by atoms with Crippen LogP contribution in [0, 0.1) is 18.3 Å². The van der Waals surface area contributed by atoms with E-state index in [2.05, 4.69) is 44.3 Å². The van der Waals surface area contributed by atoms with E-state index in [0.717, 1.165) is 65.8 Å². The minimum atomic E-state index is -0.532. The first kappa shape index (κ1) is 22.2. The first-order valence-corrected chi connectivity index (χ1v) is 11.9. The van der Waals surface area contributed by atoms with E-state index >= 15 is 0 Å². The van der Waals surface area contributed by atoms with E-state index in [1.54, 1.807) is 0 Å². The number of fused-ring (bicyclic) bond motifs is 1. The minimum Gasteiger partial charge on any atom is -0.368 e. The van der Waals surface area contributed by atoms with Gasteiger partial charge in [-0.05, 0) is 62.7 Å². The zero-order valence-electron chi connectivity index (χ0n) is 19.7. The van der Waals surface area contributed by atoms with Crippen LogP contribution in [0.1, 0.15) is 25.1 Å². The topological polar surface area (TPSA) is 60.5 Å². The monoisotopic (exact) mass is 470 g/mol. The minimum absolute atomic E-state index is 0.532. The van der Waals surface area contributed by atoms with Gasteiger partial charge < -0.3 is 14.2 Å². The molecule has 34 heavy (non-hydrogen) atoms. The largest absolute Gasteiger partial charge is 0.368 e. The first-order valence-electron chi connectivity index (χ1n) is 11.5. The second-order valence-corrected chi connectivity index (χ2v) is 9.66. The highest BCUT2D eigenvalue weighted by atomic mass is 35.5. The molecule has 0 aliphatic carbocycles. The van der Waals surface area contributed by atoms with Gasteiger partial charge in [0.05, 0.1) is 22.2 Å². The number of halogens is 1. The Morgan fingerprint density at radius 2 is 1.76 bits per heavy atom. The smallest absolute Gasteiger partial charge is 0.137 e. The second-order valence-electron chi connectivity index (χ2n) is 9.25. The number of aryl methyl sites for hydroxylation is 1. The fourth-order valence-electron chi connectivity index (χ4n) is 4.47. The van der Waals surface area contributed by atoms with Crippen LogP contribution in [0.3, 0.4) is 0 Å². The molecular weight excluding hydrogens is 444 g/mol. The highest BCUT2D eigenvalue weighted by Gasteiger charge is 2.23. The maximum Gasteiger partial charge on any atom is 0.137 e. The molecule has 0 unspecified atom stereocenters. The third-order valence-electron chi connectivity index (χ3n) is 6.69. The first-order chi connectivity index (χ1) is 16.4. The summed E-state index contributed by atoms with van der Waals surface area (Å²) in [6.45, 7) is 9.43. The fraction of sp³-hybridized carbons (Fsp3) is 0.296. The van der Waals surface area contributed by atoms with Crippen LogP contribution in [0.4, 0.5) is 11.5 Å². The summed E-state index contributed by atoms with van der Waals surface area (Å²) in [4.78, 5) is 14.2. The molecule has 172 valence electrons. The SMILES string of the molecule is Cc1c(-c2cc(N3CCN(c4ccc(C(C)(C)C#N)cn4)CC3)ccc2Cl)nc2ccccn12. The normalized spacial score (nSPS) is 14.4. The number of benzene rings is 1. The molecule has 1 aliphatic rings. The number of pyridine rings is 2. The average Bonchev–Trinajstić information content (AvgIpc) is 3.21. The summed E-state index contributed by atoms with van der Waals surface area (Å²) in [5.41, 5.74) is 5.43. The van der Waals surface area contributed by atoms with Crippen molar-refractivity contribution in [2.45, 2.75) is 26.2 Å². The van der Waals surface area contributed by atoms with Gasteiger partial charge in [-0.15, -0.1) is 0 Å². The highest BCUT2D eigenvalue weighted by molar-refractivity contribution is 6.33. The van der Waals surface area contributed by atoms with Gasteiger partial charge in [0.2, 0.25) is 0 Å². The van der Waals surface area contributed by atoms with Crippen LogP contribution in [0.25, 0.3) is 16.9 Å². The van der Waals surface area contributed by atoms with Gasteiger partial charge in [0.25, 0.3) is 0 Å². The maximum absolute atomic E-state index is 9.36. The summed E-state index contributed by atoms with van der Waals surface area (Å²) in [7, 11) is 0. The molecule has 0 amide bonds. The van der Waals surface area contributed by atoms with Crippen molar-refractivity contribution < 1.29 is 0 Å². The number of hydrogen-bond donors (Lipinski definition) is 0. The number of piperazine rings is 1. The van der Waals surface area contributed by atoms with Crippen LogP contribution in [-0.2, 0) is 5.41 Å².